The minimum absolute atomic E-state index is 0.947. The van der Waals surface area contributed by atoms with Gasteiger partial charge in [0.25, 0.3) is 0 Å². The van der Waals surface area contributed by atoms with Crippen LogP contribution < -0.4 is 0 Å². The normalized spacial score (nSPS) is 11.6. The molecular weight excluding hydrogens is 1210 g/mol. The molecule has 6 heterocycles. The molecule has 468 valence electrons. The van der Waals surface area contributed by atoms with E-state index in [9.17, 15) is 0 Å². The molecule has 0 amide bonds. The molecule has 20 aromatic rings. The Morgan fingerprint density at radius 2 is 0.420 bits per heavy atom. The van der Waals surface area contributed by atoms with Gasteiger partial charge in [-0.05, 0) is 131 Å². The van der Waals surface area contributed by atoms with E-state index >= 15 is 0 Å². The van der Waals surface area contributed by atoms with E-state index in [2.05, 4.69) is 394 Å². The topological polar surface area (TPSA) is 45.5 Å². The molecular formula is C94H62N6. The third kappa shape index (κ3) is 9.88. The van der Waals surface area contributed by atoms with Gasteiger partial charge in [-0.15, -0.1) is 0 Å². The summed E-state index contributed by atoms with van der Waals surface area (Å²) in [4.78, 5) is 10.3. The summed E-state index contributed by atoms with van der Waals surface area (Å²) in [6.07, 6.45) is 0. The molecule has 6 nitrogen and oxygen atoms in total. The van der Waals surface area contributed by atoms with Gasteiger partial charge in [0, 0.05) is 76.7 Å². The van der Waals surface area contributed by atoms with Crippen molar-refractivity contribution >= 4 is 87.2 Å². The zero-order chi connectivity index (χ0) is 66.0. The number of rotatable bonds is 10. The van der Waals surface area contributed by atoms with Gasteiger partial charge in [-0.25, -0.2) is 9.97 Å². The summed E-state index contributed by atoms with van der Waals surface area (Å²) in [6, 6.07) is 134. The predicted molar refractivity (Wildman–Crippen MR) is 418 cm³/mol. The molecule has 0 unspecified atom stereocenters. The van der Waals surface area contributed by atoms with Crippen molar-refractivity contribution in [2.75, 3.05) is 0 Å². The summed E-state index contributed by atoms with van der Waals surface area (Å²) in [6.45, 7) is 0. The van der Waals surface area contributed by atoms with Crippen LogP contribution in [0.4, 0.5) is 0 Å². The Bertz CT molecular complexity index is 6370. The maximum Gasteiger partial charge on any atom is 0.0730 e. The van der Waals surface area contributed by atoms with Crippen molar-refractivity contribution in [2.45, 2.75) is 0 Å². The van der Waals surface area contributed by atoms with Gasteiger partial charge >= 0.3 is 0 Å². The van der Waals surface area contributed by atoms with Gasteiger partial charge in [-0.3, -0.25) is 0 Å². The second-order valence-corrected chi connectivity index (χ2v) is 25.6. The molecule has 0 atom stereocenters. The number of hydrogen-bond donors (Lipinski definition) is 0. The Labute approximate surface area is 578 Å². The molecule has 0 spiro atoms. The fraction of sp³-hybridized carbons (Fsp3) is 0. The Balaban J connectivity index is 0.000000139. The van der Waals surface area contributed by atoms with E-state index in [0.717, 1.165) is 73.1 Å². The van der Waals surface area contributed by atoms with Crippen LogP contribution in [0.25, 0.3) is 177 Å². The van der Waals surface area contributed by atoms with Crippen molar-refractivity contribution in [1.29, 1.82) is 0 Å². The number of hydrogen-bond acceptors (Lipinski definition) is 2. The summed E-state index contributed by atoms with van der Waals surface area (Å²) in [5, 5.41) is 9.94. The third-order valence-electron chi connectivity index (χ3n) is 19.8. The lowest BCUT2D eigenvalue weighted by Crippen LogP contribution is -1.98. The van der Waals surface area contributed by atoms with Crippen LogP contribution in [0.1, 0.15) is 0 Å². The van der Waals surface area contributed by atoms with E-state index in [1.54, 1.807) is 0 Å². The van der Waals surface area contributed by atoms with E-state index in [1.165, 1.54) is 104 Å². The molecule has 14 aromatic carbocycles. The van der Waals surface area contributed by atoms with Crippen LogP contribution in [0.2, 0.25) is 0 Å². The predicted octanol–water partition coefficient (Wildman–Crippen LogP) is 24.6. The molecule has 0 bridgehead atoms. The zero-order valence-corrected chi connectivity index (χ0v) is 54.5. The first-order valence-electron chi connectivity index (χ1n) is 34.1. The van der Waals surface area contributed by atoms with Crippen molar-refractivity contribution in [1.82, 2.24) is 28.2 Å². The van der Waals surface area contributed by atoms with E-state index in [1.807, 2.05) is 0 Å². The van der Waals surface area contributed by atoms with Gasteiger partial charge in [0.1, 0.15) is 0 Å². The molecule has 6 aromatic heterocycles. The first kappa shape index (κ1) is 58.0. The fourth-order valence-electron chi connectivity index (χ4n) is 15.4. The smallest absolute Gasteiger partial charge is 0.0730 e. The first-order valence-corrected chi connectivity index (χ1v) is 34.1. The lowest BCUT2D eigenvalue weighted by Gasteiger charge is -2.14. The average Bonchev–Trinajstić information content (AvgIpc) is 1.57. The molecule has 0 aliphatic carbocycles. The highest BCUT2D eigenvalue weighted by molar-refractivity contribution is 6.22. The van der Waals surface area contributed by atoms with Gasteiger partial charge in [0.2, 0.25) is 0 Å². The van der Waals surface area contributed by atoms with E-state index < -0.39 is 0 Å². The molecule has 6 heteroatoms. The molecule has 0 saturated carbocycles. The highest BCUT2D eigenvalue weighted by atomic mass is 15.0. The van der Waals surface area contributed by atoms with Crippen molar-refractivity contribution in [3.63, 3.8) is 0 Å². The van der Waals surface area contributed by atoms with Crippen molar-refractivity contribution < 1.29 is 0 Å². The molecule has 20 rings (SSSR count). The van der Waals surface area contributed by atoms with Crippen LogP contribution in [0.15, 0.2) is 376 Å². The summed E-state index contributed by atoms with van der Waals surface area (Å²) in [5.41, 5.74) is 27.0. The minimum Gasteiger partial charge on any atom is -0.309 e. The summed E-state index contributed by atoms with van der Waals surface area (Å²) >= 11 is 0. The van der Waals surface area contributed by atoms with Crippen LogP contribution in [-0.2, 0) is 0 Å². The summed E-state index contributed by atoms with van der Waals surface area (Å²) < 4.78 is 9.58. The lowest BCUT2D eigenvalue weighted by atomic mass is 9.95. The number of para-hydroxylation sites is 6. The molecule has 0 radical (unpaired) electrons. The number of pyridine rings is 2. The van der Waals surface area contributed by atoms with Crippen LogP contribution >= 0.6 is 0 Å². The van der Waals surface area contributed by atoms with Crippen LogP contribution in [0, 0.1) is 0 Å². The van der Waals surface area contributed by atoms with Gasteiger partial charge < -0.3 is 18.3 Å². The third-order valence-corrected chi connectivity index (χ3v) is 19.8. The van der Waals surface area contributed by atoms with Crippen LogP contribution in [0.3, 0.4) is 0 Å². The van der Waals surface area contributed by atoms with Crippen LogP contribution in [0.5, 0.6) is 0 Å². The standard InChI is InChI=1S/2C47H31N3/c1-4-16-32(17-5-1)40-30-35(31-41(48-40)33-18-6-2-7-19-33)50-43-27-13-11-23-39(43)47-37(25-15-29-45(47)50)36-24-14-28-44-46(36)38-22-10-12-26-42(38)49(44)34-20-8-3-9-21-34;1-4-14-32(15-5-1)42-30-37(31-43(48-42)33-16-6-2-7-17-33)50-45-23-13-11-21-39(45)41-29-35(25-27-47(41)50)34-24-26-46-40(28-34)38-20-10-12-22-44(38)49(46)36-18-8-3-9-19-36/h2*1-31H. The highest BCUT2D eigenvalue weighted by Crippen LogP contribution is 2.46. The lowest BCUT2D eigenvalue weighted by molar-refractivity contribution is 1.16. The van der Waals surface area contributed by atoms with Gasteiger partial charge in [0.15, 0.2) is 0 Å². The number of benzene rings is 14. The maximum absolute atomic E-state index is 5.18. The monoisotopic (exact) mass is 1270 g/mol. The average molecular weight is 1280 g/mol. The minimum atomic E-state index is 0.947. The van der Waals surface area contributed by atoms with Crippen LogP contribution in [-0.4, -0.2) is 28.2 Å². The van der Waals surface area contributed by atoms with Crippen molar-refractivity contribution in [3.05, 3.63) is 376 Å². The molecule has 0 aliphatic rings. The Kier molecular flexibility index (Phi) is 14.1. The zero-order valence-electron chi connectivity index (χ0n) is 54.5. The maximum atomic E-state index is 5.18. The summed E-state index contributed by atoms with van der Waals surface area (Å²) in [5.74, 6) is 0. The van der Waals surface area contributed by atoms with Gasteiger partial charge in [-0.2, -0.15) is 0 Å². The van der Waals surface area contributed by atoms with E-state index in [-0.39, 0.29) is 0 Å². The number of fused-ring (bicyclic) bond motifs is 12. The van der Waals surface area contributed by atoms with E-state index in [4.69, 9.17) is 9.97 Å². The fourth-order valence-corrected chi connectivity index (χ4v) is 15.4. The first-order chi connectivity index (χ1) is 49.6. The molecule has 100 heavy (non-hydrogen) atoms. The number of nitrogens with zero attached hydrogens (tertiary/aromatic N) is 6. The molecule has 0 aliphatic heterocycles. The molecule has 0 N–H and O–H groups in total. The Morgan fingerprint density at radius 1 is 0.160 bits per heavy atom. The SMILES string of the molecule is c1ccc(-c2cc(-n3c4ccccc4c4c(-c5cccc6c5c5ccccc5n6-c5ccccc5)cccc43)cc(-c3ccccc3)n2)cc1.c1ccc(-c2cc(-n3c4ccccc4c4cc(-c5ccc6c(c5)c5ccccc5n6-c5ccccc5)ccc43)cc(-c3ccccc3)n2)cc1. The van der Waals surface area contributed by atoms with E-state index in [0.29, 0.717) is 0 Å². The largest absolute Gasteiger partial charge is 0.309 e. The summed E-state index contributed by atoms with van der Waals surface area (Å²) in [7, 11) is 0. The Hall–Kier alpha value is -13.4. The van der Waals surface area contributed by atoms with Crippen molar-refractivity contribution in [3.8, 4) is 90.0 Å². The number of aromatic nitrogens is 6. The quantitative estimate of drug-likeness (QED) is 0.137. The highest BCUT2D eigenvalue weighted by Gasteiger charge is 2.23. The Morgan fingerprint density at radius 3 is 0.780 bits per heavy atom. The second kappa shape index (κ2) is 24.3. The van der Waals surface area contributed by atoms with Gasteiger partial charge in [-0.1, -0.05) is 267 Å². The second-order valence-electron chi connectivity index (χ2n) is 25.6. The van der Waals surface area contributed by atoms with Crippen molar-refractivity contribution in [2.24, 2.45) is 0 Å². The molecule has 0 saturated heterocycles. The molecule has 0 fully saturated rings. The van der Waals surface area contributed by atoms with Gasteiger partial charge in [0.05, 0.1) is 78.3 Å².